The molecular formula is C22H18FN3O3S. The lowest BCUT2D eigenvalue weighted by molar-refractivity contribution is 0.0513. The Bertz CT molecular complexity index is 1250. The maximum atomic E-state index is 13.1. The summed E-state index contributed by atoms with van der Waals surface area (Å²) in [6.07, 6.45) is 3.65. The van der Waals surface area contributed by atoms with E-state index in [1.54, 1.807) is 25.3 Å². The minimum Gasteiger partial charge on any atom is -0.461 e. The zero-order chi connectivity index (χ0) is 21.1. The molecule has 3 heterocycles. The van der Waals surface area contributed by atoms with Crippen LogP contribution in [-0.2, 0) is 17.7 Å². The van der Waals surface area contributed by atoms with Gasteiger partial charge < -0.3 is 4.74 Å². The molecule has 0 spiro atoms. The third kappa shape index (κ3) is 4.13. The van der Waals surface area contributed by atoms with Crippen molar-refractivity contribution in [2.75, 3.05) is 6.61 Å². The lowest BCUT2D eigenvalue weighted by Gasteiger charge is -2.06. The van der Waals surface area contributed by atoms with Gasteiger partial charge in [-0.15, -0.1) is 11.3 Å². The molecule has 0 aliphatic heterocycles. The van der Waals surface area contributed by atoms with Gasteiger partial charge in [0.2, 0.25) is 0 Å². The van der Waals surface area contributed by atoms with E-state index in [9.17, 15) is 14.0 Å². The summed E-state index contributed by atoms with van der Waals surface area (Å²) in [6.45, 7) is 2.19. The molecule has 0 amide bonds. The molecule has 0 saturated heterocycles. The Labute approximate surface area is 175 Å². The van der Waals surface area contributed by atoms with Crippen LogP contribution in [0.5, 0.6) is 0 Å². The predicted molar refractivity (Wildman–Crippen MR) is 112 cm³/mol. The van der Waals surface area contributed by atoms with Crippen molar-refractivity contribution >= 4 is 27.5 Å². The zero-order valence-corrected chi connectivity index (χ0v) is 17.0. The number of carbonyl (C=O) groups excluding carboxylic acids is 1. The van der Waals surface area contributed by atoms with Crippen molar-refractivity contribution in [1.82, 2.24) is 14.5 Å². The first-order valence-corrected chi connectivity index (χ1v) is 10.1. The molecule has 1 aromatic carbocycles. The van der Waals surface area contributed by atoms with Crippen molar-refractivity contribution in [2.24, 2.45) is 0 Å². The number of nitrogens with zero attached hydrogens (tertiary/aromatic N) is 3. The van der Waals surface area contributed by atoms with E-state index in [0.29, 0.717) is 27.1 Å². The third-order valence-electron chi connectivity index (χ3n) is 4.69. The summed E-state index contributed by atoms with van der Waals surface area (Å²) in [5.41, 5.74) is 1.93. The van der Waals surface area contributed by atoms with Crippen LogP contribution in [0.4, 0.5) is 4.39 Å². The van der Waals surface area contributed by atoms with Crippen LogP contribution in [0.2, 0.25) is 0 Å². The minimum atomic E-state index is -0.476. The topological polar surface area (TPSA) is 74.1 Å². The average Bonchev–Trinajstić information content (AvgIpc) is 3.09. The predicted octanol–water partition coefficient (Wildman–Crippen LogP) is 3.75. The molecule has 6 nitrogen and oxygen atoms in total. The Balaban J connectivity index is 1.54. The minimum absolute atomic E-state index is 0.200. The molecule has 0 radical (unpaired) electrons. The zero-order valence-electron chi connectivity index (χ0n) is 16.2. The van der Waals surface area contributed by atoms with Gasteiger partial charge in [0.25, 0.3) is 5.56 Å². The highest BCUT2D eigenvalue weighted by atomic mass is 32.1. The van der Waals surface area contributed by atoms with Gasteiger partial charge in [-0.3, -0.25) is 14.3 Å². The van der Waals surface area contributed by atoms with Gasteiger partial charge in [0.15, 0.2) is 0 Å². The van der Waals surface area contributed by atoms with E-state index in [1.807, 2.05) is 18.2 Å². The molecule has 0 atom stereocenters. The van der Waals surface area contributed by atoms with Gasteiger partial charge in [-0.05, 0) is 42.3 Å². The Morgan fingerprint density at radius 1 is 1.17 bits per heavy atom. The summed E-state index contributed by atoms with van der Waals surface area (Å²) in [5.74, 6) is -0.810. The molecule has 8 heteroatoms. The lowest BCUT2D eigenvalue weighted by atomic mass is 10.2. The van der Waals surface area contributed by atoms with Gasteiger partial charge in [0.1, 0.15) is 15.5 Å². The van der Waals surface area contributed by atoms with Crippen molar-refractivity contribution in [1.29, 1.82) is 0 Å². The largest absolute Gasteiger partial charge is 0.461 e. The molecule has 0 N–H and O–H groups in total. The highest BCUT2D eigenvalue weighted by Gasteiger charge is 2.20. The highest BCUT2D eigenvalue weighted by molar-refractivity contribution is 7.20. The van der Waals surface area contributed by atoms with Crippen LogP contribution in [-0.4, -0.2) is 27.1 Å². The smallest absolute Gasteiger partial charge is 0.348 e. The number of esters is 1. The van der Waals surface area contributed by atoms with Crippen molar-refractivity contribution in [3.8, 4) is 0 Å². The standard InChI is InChI=1S/C22H18FN3O3S/c1-14-18-20(25-13-26(21(18)27)12-15-5-7-16(23)8-6-15)30-19(14)22(28)29-11-9-17-4-2-3-10-24-17/h2-8,10,13H,9,11-12H2,1H3. The maximum absolute atomic E-state index is 13.1. The molecular weight excluding hydrogens is 405 g/mol. The number of hydrogen-bond acceptors (Lipinski definition) is 6. The van der Waals surface area contributed by atoms with Crippen molar-refractivity contribution < 1.29 is 13.9 Å². The van der Waals surface area contributed by atoms with E-state index < -0.39 is 5.97 Å². The van der Waals surface area contributed by atoms with Crippen molar-refractivity contribution in [3.05, 3.63) is 92.9 Å². The number of pyridine rings is 1. The SMILES string of the molecule is Cc1c(C(=O)OCCc2ccccn2)sc2ncn(Cc3ccc(F)cc3)c(=O)c12. The fraction of sp³-hybridized carbons (Fsp3) is 0.182. The monoisotopic (exact) mass is 423 g/mol. The van der Waals surface area contributed by atoms with Crippen molar-refractivity contribution in [2.45, 2.75) is 19.9 Å². The molecule has 3 aromatic heterocycles. The third-order valence-corrected chi connectivity index (χ3v) is 5.87. The van der Waals surface area contributed by atoms with E-state index in [2.05, 4.69) is 9.97 Å². The maximum Gasteiger partial charge on any atom is 0.348 e. The van der Waals surface area contributed by atoms with Gasteiger partial charge in [-0.1, -0.05) is 18.2 Å². The highest BCUT2D eigenvalue weighted by Crippen LogP contribution is 2.27. The molecule has 0 fully saturated rings. The van der Waals surface area contributed by atoms with Crippen LogP contribution in [0, 0.1) is 12.7 Å². The summed E-state index contributed by atoms with van der Waals surface area (Å²) >= 11 is 1.15. The summed E-state index contributed by atoms with van der Waals surface area (Å²) < 4.78 is 19.9. The van der Waals surface area contributed by atoms with Crippen LogP contribution < -0.4 is 5.56 Å². The second kappa shape index (κ2) is 8.54. The summed E-state index contributed by atoms with van der Waals surface area (Å²) in [5, 5.41) is 0.404. The van der Waals surface area contributed by atoms with E-state index >= 15 is 0 Å². The summed E-state index contributed by atoms with van der Waals surface area (Å²) in [7, 11) is 0. The van der Waals surface area contributed by atoms with Crippen LogP contribution in [0.15, 0.2) is 59.8 Å². The van der Waals surface area contributed by atoms with E-state index in [1.165, 1.54) is 23.0 Å². The fourth-order valence-corrected chi connectivity index (χ4v) is 4.15. The molecule has 0 aliphatic carbocycles. The first-order valence-electron chi connectivity index (χ1n) is 9.33. The lowest BCUT2D eigenvalue weighted by Crippen LogP contribution is -2.21. The Kier molecular flexibility index (Phi) is 5.67. The molecule has 0 bridgehead atoms. The molecule has 152 valence electrons. The number of carbonyl (C=O) groups is 1. The van der Waals surface area contributed by atoms with Crippen LogP contribution in [0.3, 0.4) is 0 Å². The van der Waals surface area contributed by atoms with Crippen LogP contribution in [0.25, 0.3) is 10.2 Å². The number of fused-ring (bicyclic) bond motifs is 1. The van der Waals surface area contributed by atoms with E-state index in [4.69, 9.17) is 4.74 Å². The number of ether oxygens (including phenoxy) is 1. The second-order valence-corrected chi connectivity index (χ2v) is 7.75. The number of benzene rings is 1. The fourth-order valence-electron chi connectivity index (χ4n) is 3.11. The molecule has 4 rings (SSSR count). The van der Waals surface area contributed by atoms with Gasteiger partial charge in [0.05, 0.1) is 24.9 Å². The van der Waals surface area contributed by atoms with Gasteiger partial charge in [-0.25, -0.2) is 14.2 Å². The normalized spacial score (nSPS) is 11.0. The number of halogens is 1. The van der Waals surface area contributed by atoms with Gasteiger partial charge >= 0.3 is 5.97 Å². The summed E-state index contributed by atoms with van der Waals surface area (Å²) in [4.78, 5) is 34.9. The number of aryl methyl sites for hydroxylation is 1. The average molecular weight is 423 g/mol. The number of aromatic nitrogens is 3. The van der Waals surface area contributed by atoms with Crippen molar-refractivity contribution in [3.63, 3.8) is 0 Å². The number of hydrogen-bond donors (Lipinski definition) is 0. The van der Waals surface area contributed by atoms with Crippen LogP contribution >= 0.6 is 11.3 Å². The van der Waals surface area contributed by atoms with Crippen LogP contribution in [0.1, 0.15) is 26.5 Å². The first kappa shape index (κ1) is 19.9. The number of thiophene rings is 1. The quantitative estimate of drug-likeness (QED) is 0.442. The Morgan fingerprint density at radius 3 is 2.70 bits per heavy atom. The van der Waals surface area contributed by atoms with E-state index in [0.717, 1.165) is 22.6 Å². The Morgan fingerprint density at radius 2 is 1.97 bits per heavy atom. The molecule has 30 heavy (non-hydrogen) atoms. The molecule has 4 aromatic rings. The molecule has 0 aliphatic rings. The first-order chi connectivity index (χ1) is 14.5. The number of rotatable bonds is 6. The van der Waals surface area contributed by atoms with Gasteiger partial charge in [-0.2, -0.15) is 0 Å². The second-order valence-electron chi connectivity index (χ2n) is 6.75. The molecule has 0 saturated carbocycles. The summed E-state index contributed by atoms with van der Waals surface area (Å²) in [6, 6.07) is 11.5. The molecule has 0 unspecified atom stereocenters. The van der Waals surface area contributed by atoms with E-state index in [-0.39, 0.29) is 24.5 Å². The Hall–Kier alpha value is -3.39. The van der Waals surface area contributed by atoms with Gasteiger partial charge in [0, 0.05) is 18.3 Å².